The number of ether oxygens (including phenoxy) is 1. The fourth-order valence-corrected chi connectivity index (χ4v) is 3.08. The van der Waals surface area contributed by atoms with Crippen molar-refractivity contribution in [2.24, 2.45) is 0 Å². The van der Waals surface area contributed by atoms with Gasteiger partial charge in [-0.3, -0.25) is 4.79 Å². The number of pyridine rings is 1. The lowest BCUT2D eigenvalue weighted by atomic mass is 10.2. The highest BCUT2D eigenvalue weighted by molar-refractivity contribution is 5.75. The van der Waals surface area contributed by atoms with Crippen LogP contribution in [-0.4, -0.2) is 30.6 Å². The topological polar surface area (TPSA) is 54.5 Å². The van der Waals surface area contributed by atoms with E-state index >= 15 is 0 Å². The number of aromatic nitrogens is 1. The van der Waals surface area contributed by atoms with Gasteiger partial charge >= 0.3 is 0 Å². The van der Waals surface area contributed by atoms with Gasteiger partial charge in [-0.15, -0.1) is 0 Å². The van der Waals surface area contributed by atoms with Crippen LogP contribution in [0.5, 0.6) is 5.75 Å². The molecule has 1 N–H and O–H groups in total. The monoisotopic (exact) mass is 353 g/mol. The number of amides is 1. The lowest BCUT2D eigenvalue weighted by Gasteiger charge is -2.16. The average Bonchev–Trinajstić information content (AvgIpc) is 3.20. The molecule has 0 radical (unpaired) electrons. The largest absolute Gasteiger partial charge is 0.493 e. The van der Waals surface area contributed by atoms with Crippen molar-refractivity contribution in [1.29, 1.82) is 0 Å². The number of nitrogens with one attached hydrogen (secondary N) is 1. The van der Waals surface area contributed by atoms with Crippen molar-refractivity contribution in [3.8, 4) is 5.75 Å². The van der Waals surface area contributed by atoms with E-state index < -0.39 is 0 Å². The van der Waals surface area contributed by atoms with Gasteiger partial charge in [0.15, 0.2) is 0 Å². The number of nitrogens with zero attached hydrogens (tertiary/aromatic N) is 2. The lowest BCUT2D eigenvalue weighted by Crippen LogP contribution is -2.23. The van der Waals surface area contributed by atoms with Crippen molar-refractivity contribution in [3.05, 3.63) is 53.7 Å². The Hall–Kier alpha value is -2.56. The van der Waals surface area contributed by atoms with E-state index in [1.54, 1.807) is 0 Å². The molecule has 1 fully saturated rings. The third-order valence-electron chi connectivity index (χ3n) is 4.63. The Morgan fingerprint density at radius 1 is 1.19 bits per heavy atom. The first-order valence-electron chi connectivity index (χ1n) is 9.37. The van der Waals surface area contributed by atoms with Gasteiger partial charge in [-0.25, -0.2) is 4.98 Å². The van der Waals surface area contributed by atoms with Crippen molar-refractivity contribution in [2.45, 2.75) is 39.2 Å². The highest BCUT2D eigenvalue weighted by Crippen LogP contribution is 2.18. The Kier molecular flexibility index (Phi) is 6.47. The minimum atomic E-state index is 0.0435. The Morgan fingerprint density at radius 2 is 2.00 bits per heavy atom. The molecule has 0 bridgehead atoms. The second-order valence-corrected chi connectivity index (χ2v) is 6.71. The number of benzene rings is 1. The molecule has 0 saturated carbocycles. The first-order chi connectivity index (χ1) is 12.7. The molecule has 3 rings (SSSR count). The van der Waals surface area contributed by atoms with Crippen LogP contribution in [0.25, 0.3) is 0 Å². The maximum Gasteiger partial charge on any atom is 0.220 e. The molecule has 1 amide bonds. The molecular formula is C21H27N3O2. The van der Waals surface area contributed by atoms with Crippen LogP contribution in [0.4, 0.5) is 5.82 Å². The van der Waals surface area contributed by atoms with Gasteiger partial charge in [0.05, 0.1) is 6.61 Å². The van der Waals surface area contributed by atoms with E-state index in [0.29, 0.717) is 26.0 Å². The molecule has 1 aliphatic heterocycles. The molecule has 1 aromatic heterocycles. The number of anilines is 1. The summed E-state index contributed by atoms with van der Waals surface area (Å²) in [6.07, 6.45) is 5.51. The first kappa shape index (κ1) is 18.2. The molecular weight excluding hydrogens is 326 g/mol. The van der Waals surface area contributed by atoms with Gasteiger partial charge in [-0.1, -0.05) is 24.3 Å². The number of hydrogen-bond donors (Lipinski definition) is 1. The molecule has 5 heteroatoms. The van der Waals surface area contributed by atoms with Gasteiger partial charge in [0.2, 0.25) is 5.91 Å². The summed E-state index contributed by atoms with van der Waals surface area (Å²) >= 11 is 0. The predicted molar refractivity (Wildman–Crippen MR) is 103 cm³/mol. The Labute approximate surface area is 155 Å². The fraction of sp³-hybridized carbons (Fsp3) is 0.429. The van der Waals surface area contributed by atoms with Gasteiger partial charge < -0.3 is 15.0 Å². The molecule has 2 heterocycles. The van der Waals surface area contributed by atoms with Crippen LogP contribution in [0.2, 0.25) is 0 Å². The molecule has 0 spiro atoms. The summed E-state index contributed by atoms with van der Waals surface area (Å²) in [6, 6.07) is 12.0. The van der Waals surface area contributed by atoms with Crippen molar-refractivity contribution >= 4 is 11.7 Å². The van der Waals surface area contributed by atoms with Crippen molar-refractivity contribution in [2.75, 3.05) is 24.6 Å². The van der Waals surface area contributed by atoms with E-state index in [1.165, 1.54) is 12.8 Å². The predicted octanol–water partition coefficient (Wildman–Crippen LogP) is 3.47. The maximum atomic E-state index is 12.0. The summed E-state index contributed by atoms with van der Waals surface area (Å²) in [5.74, 6) is 1.96. The van der Waals surface area contributed by atoms with Crippen molar-refractivity contribution in [1.82, 2.24) is 10.3 Å². The third kappa shape index (κ3) is 5.22. The maximum absolute atomic E-state index is 12.0. The van der Waals surface area contributed by atoms with E-state index in [-0.39, 0.29) is 5.91 Å². The summed E-state index contributed by atoms with van der Waals surface area (Å²) in [5, 5.41) is 2.95. The molecule has 5 nitrogen and oxygen atoms in total. The van der Waals surface area contributed by atoms with Gasteiger partial charge in [0.25, 0.3) is 0 Å². The Morgan fingerprint density at radius 3 is 2.73 bits per heavy atom. The zero-order valence-corrected chi connectivity index (χ0v) is 15.4. The van der Waals surface area contributed by atoms with Crippen LogP contribution < -0.4 is 15.0 Å². The van der Waals surface area contributed by atoms with E-state index in [9.17, 15) is 4.79 Å². The quantitative estimate of drug-likeness (QED) is 0.739. The summed E-state index contributed by atoms with van der Waals surface area (Å²) < 4.78 is 5.72. The molecule has 1 aromatic carbocycles. The molecule has 1 saturated heterocycles. The smallest absolute Gasteiger partial charge is 0.220 e. The van der Waals surface area contributed by atoms with Gasteiger partial charge in [-0.2, -0.15) is 0 Å². The van der Waals surface area contributed by atoms with Gasteiger partial charge in [0.1, 0.15) is 11.6 Å². The molecule has 0 unspecified atom stereocenters. The van der Waals surface area contributed by atoms with Crippen LogP contribution in [0, 0.1) is 6.92 Å². The van der Waals surface area contributed by atoms with Crippen molar-refractivity contribution < 1.29 is 9.53 Å². The average molecular weight is 353 g/mol. The minimum Gasteiger partial charge on any atom is -0.493 e. The minimum absolute atomic E-state index is 0.0435. The molecule has 1 aliphatic rings. The zero-order valence-electron chi connectivity index (χ0n) is 15.4. The van der Waals surface area contributed by atoms with Gasteiger partial charge in [0, 0.05) is 32.3 Å². The van der Waals surface area contributed by atoms with Crippen LogP contribution in [0.15, 0.2) is 42.6 Å². The summed E-state index contributed by atoms with van der Waals surface area (Å²) in [5.41, 5.74) is 2.14. The zero-order chi connectivity index (χ0) is 18.2. The lowest BCUT2D eigenvalue weighted by molar-refractivity contribution is -0.121. The normalized spacial score (nSPS) is 13.7. The van der Waals surface area contributed by atoms with Gasteiger partial charge in [-0.05, 0) is 49.4 Å². The molecule has 138 valence electrons. The van der Waals surface area contributed by atoms with Crippen LogP contribution >= 0.6 is 0 Å². The Balaban J connectivity index is 1.34. The van der Waals surface area contributed by atoms with E-state index in [2.05, 4.69) is 15.2 Å². The Bertz CT molecular complexity index is 709. The summed E-state index contributed by atoms with van der Waals surface area (Å²) in [4.78, 5) is 18.8. The summed E-state index contributed by atoms with van der Waals surface area (Å²) in [6.45, 7) is 5.27. The van der Waals surface area contributed by atoms with E-state index in [4.69, 9.17) is 4.74 Å². The molecule has 26 heavy (non-hydrogen) atoms. The third-order valence-corrected chi connectivity index (χ3v) is 4.63. The van der Waals surface area contributed by atoms with Crippen LogP contribution in [-0.2, 0) is 11.3 Å². The summed E-state index contributed by atoms with van der Waals surface area (Å²) in [7, 11) is 0. The highest BCUT2D eigenvalue weighted by Gasteiger charge is 2.13. The molecule has 2 aromatic rings. The number of aryl methyl sites for hydroxylation is 1. The highest BCUT2D eigenvalue weighted by atomic mass is 16.5. The number of rotatable bonds is 8. The van der Waals surface area contributed by atoms with Crippen LogP contribution in [0.3, 0.4) is 0 Å². The standard InChI is InChI=1S/C21H27N3O2/c1-17-7-2-3-8-19(17)26-14-6-9-21(25)23-16-18-10-11-20(22-15-18)24-12-4-5-13-24/h2-3,7-8,10-11,15H,4-6,9,12-14,16H2,1H3,(H,23,25). The SMILES string of the molecule is Cc1ccccc1OCCCC(=O)NCc1ccc(N2CCCC2)nc1. The van der Waals surface area contributed by atoms with Crippen LogP contribution in [0.1, 0.15) is 36.8 Å². The van der Waals surface area contributed by atoms with E-state index in [0.717, 1.165) is 35.8 Å². The molecule has 0 aliphatic carbocycles. The second-order valence-electron chi connectivity index (χ2n) is 6.71. The second kappa shape index (κ2) is 9.22. The number of hydrogen-bond acceptors (Lipinski definition) is 4. The fourth-order valence-electron chi connectivity index (χ4n) is 3.08. The number of para-hydroxylation sites is 1. The molecule has 0 atom stereocenters. The number of carbonyl (C=O) groups is 1. The van der Waals surface area contributed by atoms with E-state index in [1.807, 2.05) is 49.5 Å². The van der Waals surface area contributed by atoms with Crippen molar-refractivity contribution in [3.63, 3.8) is 0 Å². The first-order valence-corrected chi connectivity index (χ1v) is 9.37. The number of carbonyl (C=O) groups excluding carboxylic acids is 1.